The van der Waals surface area contributed by atoms with E-state index >= 15 is 0 Å². The highest BCUT2D eigenvalue weighted by Gasteiger charge is 2.28. The van der Waals surface area contributed by atoms with Crippen molar-refractivity contribution in [3.63, 3.8) is 0 Å². The number of hydrogen-bond donors (Lipinski definition) is 1. The van der Waals surface area contributed by atoms with Crippen LogP contribution in [0.1, 0.15) is 11.6 Å². The Kier molecular flexibility index (Phi) is 5.03. The van der Waals surface area contributed by atoms with Crippen molar-refractivity contribution in [2.75, 3.05) is 0 Å². The lowest BCUT2D eigenvalue weighted by Gasteiger charge is -2.22. The second kappa shape index (κ2) is 6.99. The molecule has 2 aromatic carbocycles. The number of hydrogen-bond acceptors (Lipinski definition) is 3. The van der Waals surface area contributed by atoms with Crippen LogP contribution < -0.4 is 0 Å². The third-order valence-electron chi connectivity index (χ3n) is 3.40. The molecule has 0 spiro atoms. The summed E-state index contributed by atoms with van der Waals surface area (Å²) in [6.07, 6.45) is 1.11. The molecule has 124 valence electrons. The standard InChI is InChI=1S/C17H13F3N2O2/c1-3-22(21-2)16(17(23)24)12-6-4-10(8-14(12)19)11-5-7-13(18)15(20)9-11/h3-9,16H,1-2H2,(H,23,24). The minimum absolute atomic E-state index is 0.166. The van der Waals surface area contributed by atoms with Gasteiger partial charge in [-0.2, -0.15) is 5.10 Å². The minimum atomic E-state index is -1.45. The molecule has 0 bridgehead atoms. The quantitative estimate of drug-likeness (QED) is 0.643. The van der Waals surface area contributed by atoms with Gasteiger partial charge in [-0.1, -0.05) is 24.8 Å². The van der Waals surface area contributed by atoms with Gasteiger partial charge in [-0.25, -0.2) is 18.0 Å². The number of benzene rings is 2. The monoisotopic (exact) mass is 334 g/mol. The lowest BCUT2D eigenvalue weighted by molar-refractivity contribution is -0.142. The second-order valence-electron chi connectivity index (χ2n) is 4.81. The smallest absolute Gasteiger partial charge is 0.333 e. The van der Waals surface area contributed by atoms with Gasteiger partial charge in [-0.3, -0.25) is 5.01 Å². The van der Waals surface area contributed by atoms with E-state index in [0.717, 1.165) is 29.4 Å². The maximum Gasteiger partial charge on any atom is 0.333 e. The third-order valence-corrected chi connectivity index (χ3v) is 3.40. The Morgan fingerprint density at radius 3 is 2.12 bits per heavy atom. The molecule has 0 saturated heterocycles. The normalized spacial score (nSPS) is 11.6. The molecule has 4 nitrogen and oxygen atoms in total. The average molecular weight is 334 g/mol. The van der Waals surface area contributed by atoms with E-state index in [1.54, 1.807) is 0 Å². The van der Waals surface area contributed by atoms with Crippen LogP contribution in [0.5, 0.6) is 0 Å². The van der Waals surface area contributed by atoms with Crippen LogP contribution in [-0.2, 0) is 4.79 Å². The van der Waals surface area contributed by atoms with Crippen LogP contribution >= 0.6 is 0 Å². The molecule has 0 aliphatic carbocycles. The molecular weight excluding hydrogens is 321 g/mol. The summed E-state index contributed by atoms with van der Waals surface area (Å²) < 4.78 is 40.7. The highest BCUT2D eigenvalue weighted by atomic mass is 19.2. The summed E-state index contributed by atoms with van der Waals surface area (Å²) in [5.74, 6) is -4.25. The van der Waals surface area contributed by atoms with Gasteiger partial charge in [0, 0.05) is 18.5 Å². The Morgan fingerprint density at radius 1 is 1.08 bits per heavy atom. The van der Waals surface area contributed by atoms with Gasteiger partial charge in [0.1, 0.15) is 5.82 Å². The molecular formula is C17H13F3N2O2. The van der Waals surface area contributed by atoms with Crippen molar-refractivity contribution in [1.29, 1.82) is 0 Å². The zero-order valence-corrected chi connectivity index (χ0v) is 12.4. The predicted octanol–water partition coefficient (Wildman–Crippen LogP) is 3.96. The van der Waals surface area contributed by atoms with E-state index < -0.39 is 29.5 Å². The Labute approximate surface area is 136 Å². The SMILES string of the molecule is C=CN(N=C)C(C(=O)O)c1ccc(-c2ccc(F)c(F)c2)cc1F. The molecule has 0 aliphatic rings. The molecule has 2 rings (SSSR count). The van der Waals surface area contributed by atoms with Crippen molar-refractivity contribution in [2.24, 2.45) is 5.10 Å². The molecule has 1 atom stereocenters. The molecule has 0 amide bonds. The van der Waals surface area contributed by atoms with Gasteiger partial charge in [-0.05, 0) is 29.3 Å². The summed E-state index contributed by atoms with van der Waals surface area (Å²) >= 11 is 0. The Morgan fingerprint density at radius 2 is 1.67 bits per heavy atom. The lowest BCUT2D eigenvalue weighted by atomic mass is 9.99. The Hall–Kier alpha value is -3.09. The van der Waals surface area contributed by atoms with Gasteiger partial charge in [0.25, 0.3) is 0 Å². The number of carboxylic acids is 1. The lowest BCUT2D eigenvalue weighted by Crippen LogP contribution is -2.26. The number of hydrazone groups is 1. The second-order valence-corrected chi connectivity index (χ2v) is 4.81. The maximum atomic E-state index is 14.4. The van der Waals surface area contributed by atoms with Crippen LogP contribution in [0.3, 0.4) is 0 Å². The molecule has 24 heavy (non-hydrogen) atoms. The largest absolute Gasteiger partial charge is 0.479 e. The highest BCUT2D eigenvalue weighted by Crippen LogP contribution is 2.29. The Balaban J connectivity index is 2.48. The number of carbonyl (C=O) groups is 1. The van der Waals surface area contributed by atoms with Crippen LogP contribution in [0.15, 0.2) is 54.3 Å². The number of carboxylic acid groups (broad SMARTS) is 1. The fourth-order valence-corrected chi connectivity index (χ4v) is 2.24. The number of rotatable bonds is 6. The molecule has 2 aromatic rings. The van der Waals surface area contributed by atoms with Crippen LogP contribution in [0.2, 0.25) is 0 Å². The highest BCUT2D eigenvalue weighted by molar-refractivity contribution is 5.76. The fourth-order valence-electron chi connectivity index (χ4n) is 2.24. The Bertz CT molecular complexity index is 800. The van der Waals surface area contributed by atoms with Crippen molar-refractivity contribution in [3.05, 3.63) is 72.2 Å². The van der Waals surface area contributed by atoms with Crippen LogP contribution in [0, 0.1) is 17.5 Å². The van der Waals surface area contributed by atoms with E-state index in [1.165, 1.54) is 18.2 Å². The van der Waals surface area contributed by atoms with E-state index in [-0.39, 0.29) is 16.7 Å². The molecule has 0 saturated carbocycles. The zero-order chi connectivity index (χ0) is 17.9. The molecule has 0 radical (unpaired) electrons. The van der Waals surface area contributed by atoms with Gasteiger partial charge < -0.3 is 5.11 Å². The first-order valence-corrected chi connectivity index (χ1v) is 6.74. The molecule has 1 unspecified atom stereocenters. The predicted molar refractivity (Wildman–Crippen MR) is 83.7 cm³/mol. The molecule has 0 aromatic heterocycles. The topological polar surface area (TPSA) is 52.9 Å². The van der Waals surface area contributed by atoms with Gasteiger partial charge >= 0.3 is 5.97 Å². The summed E-state index contributed by atoms with van der Waals surface area (Å²) in [5, 5.41) is 13.7. The van der Waals surface area contributed by atoms with Crippen molar-refractivity contribution >= 4 is 12.7 Å². The zero-order valence-electron chi connectivity index (χ0n) is 12.4. The van der Waals surface area contributed by atoms with E-state index in [1.807, 2.05) is 0 Å². The first-order valence-electron chi connectivity index (χ1n) is 6.74. The molecule has 0 heterocycles. The van der Waals surface area contributed by atoms with Crippen molar-refractivity contribution in [3.8, 4) is 11.1 Å². The number of nitrogens with zero attached hydrogens (tertiary/aromatic N) is 2. The van der Waals surface area contributed by atoms with Crippen LogP contribution in [0.25, 0.3) is 11.1 Å². The average Bonchev–Trinajstić information content (AvgIpc) is 2.55. The van der Waals surface area contributed by atoms with Gasteiger partial charge in [0.2, 0.25) is 0 Å². The first-order chi connectivity index (χ1) is 11.4. The summed E-state index contributed by atoms with van der Waals surface area (Å²) in [6.45, 7) is 6.62. The minimum Gasteiger partial charge on any atom is -0.479 e. The fraction of sp³-hybridized carbons (Fsp3) is 0.0588. The van der Waals surface area contributed by atoms with Gasteiger partial charge in [-0.15, -0.1) is 0 Å². The van der Waals surface area contributed by atoms with Crippen molar-refractivity contribution in [1.82, 2.24) is 5.01 Å². The summed E-state index contributed by atoms with van der Waals surface area (Å²) in [7, 11) is 0. The van der Waals surface area contributed by atoms with Crippen molar-refractivity contribution < 1.29 is 23.1 Å². The first kappa shape index (κ1) is 17.3. The number of halogens is 3. The molecule has 0 aliphatic heterocycles. The summed E-state index contributed by atoms with van der Waals surface area (Å²) in [6, 6.07) is 5.40. The van der Waals surface area contributed by atoms with E-state index in [9.17, 15) is 23.1 Å². The van der Waals surface area contributed by atoms with E-state index in [2.05, 4.69) is 18.4 Å². The van der Waals surface area contributed by atoms with Gasteiger partial charge in [0.05, 0.1) is 0 Å². The molecule has 7 heteroatoms. The van der Waals surface area contributed by atoms with Crippen LogP contribution in [0.4, 0.5) is 13.2 Å². The maximum absolute atomic E-state index is 14.4. The molecule has 0 fully saturated rings. The van der Waals surface area contributed by atoms with E-state index in [0.29, 0.717) is 0 Å². The van der Waals surface area contributed by atoms with E-state index in [4.69, 9.17) is 0 Å². The number of aliphatic carboxylic acids is 1. The summed E-state index contributed by atoms with van der Waals surface area (Å²) in [5.41, 5.74) is 0.366. The molecule has 1 N–H and O–H groups in total. The third kappa shape index (κ3) is 3.29. The summed E-state index contributed by atoms with van der Waals surface area (Å²) in [4.78, 5) is 11.4. The van der Waals surface area contributed by atoms with Crippen molar-refractivity contribution in [2.45, 2.75) is 6.04 Å². The van der Waals surface area contributed by atoms with Crippen LogP contribution in [-0.4, -0.2) is 22.8 Å². The van der Waals surface area contributed by atoms with Gasteiger partial charge in [0.15, 0.2) is 17.7 Å².